The van der Waals surface area contributed by atoms with Gasteiger partial charge in [-0.2, -0.15) is 13.2 Å². The minimum atomic E-state index is -4.49. The van der Waals surface area contributed by atoms with Crippen LogP contribution in [0.5, 0.6) is 0 Å². The Kier molecular flexibility index (Phi) is 3.79. The molecule has 1 rings (SSSR count). The van der Waals surface area contributed by atoms with Crippen molar-refractivity contribution in [3.8, 4) is 0 Å². The van der Waals surface area contributed by atoms with Gasteiger partial charge in [0.2, 0.25) is 0 Å². The Hall–Kier alpha value is -1.53. The maximum absolute atomic E-state index is 12.3. The van der Waals surface area contributed by atoms with E-state index in [0.29, 0.717) is 0 Å². The van der Waals surface area contributed by atoms with Crippen LogP contribution in [0.3, 0.4) is 0 Å². The Morgan fingerprint density at radius 1 is 1.29 bits per heavy atom. The minimum absolute atomic E-state index is 0.151. The van der Waals surface area contributed by atoms with Crippen molar-refractivity contribution in [1.29, 1.82) is 0 Å². The summed E-state index contributed by atoms with van der Waals surface area (Å²) in [7, 11) is 1.34. The number of hydrogen-bond donors (Lipinski definition) is 1. The van der Waals surface area contributed by atoms with E-state index in [-0.39, 0.29) is 11.4 Å². The summed E-state index contributed by atoms with van der Waals surface area (Å²) in [5.41, 5.74) is 4.48. The van der Waals surface area contributed by atoms with Gasteiger partial charge in [-0.05, 0) is 18.2 Å². The molecule has 0 spiro atoms. The van der Waals surface area contributed by atoms with Crippen LogP contribution in [-0.4, -0.2) is 20.0 Å². The third-order valence-electron chi connectivity index (χ3n) is 2.18. The van der Waals surface area contributed by atoms with Crippen molar-refractivity contribution in [2.45, 2.75) is 12.6 Å². The van der Waals surface area contributed by atoms with Crippen LogP contribution in [0.1, 0.15) is 5.56 Å². The summed E-state index contributed by atoms with van der Waals surface area (Å²) in [5.74, 6) is 0. The molecule has 0 saturated carbocycles. The molecule has 0 aliphatic heterocycles. The fraction of sp³-hybridized carbons (Fsp3) is 0.400. The lowest BCUT2D eigenvalue weighted by Gasteiger charge is -2.21. The molecule has 1 aromatic carbocycles. The highest BCUT2D eigenvalue weighted by atomic mass is 19.4. The molecule has 0 amide bonds. The topological polar surface area (TPSA) is 29.3 Å². The molecule has 0 radical (unpaired) electrons. The highest BCUT2D eigenvalue weighted by Gasteiger charge is 2.31. The first kappa shape index (κ1) is 13.5. The molecule has 17 heavy (non-hydrogen) atoms. The molecule has 0 saturated heterocycles. The van der Waals surface area contributed by atoms with Gasteiger partial charge < -0.3 is 10.6 Å². The SMILES string of the molecule is CN(CC(F)F)c1ccc(C(F)(F)F)cc1N. The Bertz CT molecular complexity index is 389. The van der Waals surface area contributed by atoms with Gasteiger partial charge in [-0.1, -0.05) is 0 Å². The molecule has 0 aromatic heterocycles. The van der Waals surface area contributed by atoms with Gasteiger partial charge in [-0.3, -0.25) is 0 Å². The Morgan fingerprint density at radius 2 is 1.88 bits per heavy atom. The highest BCUT2D eigenvalue weighted by molar-refractivity contribution is 5.68. The van der Waals surface area contributed by atoms with E-state index in [9.17, 15) is 22.0 Å². The van der Waals surface area contributed by atoms with E-state index in [0.717, 1.165) is 23.1 Å². The van der Waals surface area contributed by atoms with E-state index in [1.807, 2.05) is 0 Å². The lowest BCUT2D eigenvalue weighted by Crippen LogP contribution is -2.25. The molecular formula is C10H11F5N2. The van der Waals surface area contributed by atoms with Gasteiger partial charge in [0.15, 0.2) is 0 Å². The van der Waals surface area contributed by atoms with Gasteiger partial charge in [0, 0.05) is 7.05 Å². The number of alkyl halides is 5. The van der Waals surface area contributed by atoms with Crippen LogP contribution in [0.25, 0.3) is 0 Å². The first-order chi connectivity index (χ1) is 7.71. The molecule has 0 unspecified atom stereocenters. The molecule has 0 aliphatic rings. The van der Waals surface area contributed by atoms with Gasteiger partial charge in [0.25, 0.3) is 6.43 Å². The van der Waals surface area contributed by atoms with Gasteiger partial charge in [-0.15, -0.1) is 0 Å². The van der Waals surface area contributed by atoms with Crippen LogP contribution in [0, 0.1) is 0 Å². The number of benzene rings is 1. The van der Waals surface area contributed by atoms with Crippen LogP contribution in [0.4, 0.5) is 33.3 Å². The number of nitrogens with two attached hydrogens (primary N) is 1. The van der Waals surface area contributed by atoms with Gasteiger partial charge >= 0.3 is 6.18 Å². The second kappa shape index (κ2) is 4.77. The zero-order chi connectivity index (χ0) is 13.2. The van der Waals surface area contributed by atoms with Crippen LogP contribution >= 0.6 is 0 Å². The van der Waals surface area contributed by atoms with E-state index in [1.165, 1.54) is 7.05 Å². The zero-order valence-electron chi connectivity index (χ0n) is 8.93. The summed E-state index contributed by atoms with van der Waals surface area (Å²) in [6.45, 7) is -0.588. The maximum Gasteiger partial charge on any atom is 0.416 e. The zero-order valence-corrected chi connectivity index (χ0v) is 8.93. The summed E-state index contributed by atoms with van der Waals surface area (Å²) < 4.78 is 61.2. The molecule has 2 nitrogen and oxygen atoms in total. The van der Waals surface area contributed by atoms with E-state index in [2.05, 4.69) is 0 Å². The van der Waals surface area contributed by atoms with Crippen LogP contribution in [-0.2, 0) is 6.18 Å². The summed E-state index contributed by atoms with van der Waals surface area (Å²) in [5, 5.41) is 0. The summed E-state index contributed by atoms with van der Waals surface area (Å²) in [6, 6.07) is 2.63. The number of anilines is 2. The normalized spacial score (nSPS) is 11.9. The molecule has 96 valence electrons. The summed E-state index contributed by atoms with van der Waals surface area (Å²) in [4.78, 5) is 1.11. The number of rotatable bonds is 3. The molecule has 0 aliphatic carbocycles. The lowest BCUT2D eigenvalue weighted by molar-refractivity contribution is -0.137. The molecule has 0 fully saturated rings. The van der Waals surface area contributed by atoms with Crippen molar-refractivity contribution in [3.05, 3.63) is 23.8 Å². The lowest BCUT2D eigenvalue weighted by atomic mass is 10.1. The van der Waals surface area contributed by atoms with Crippen molar-refractivity contribution in [1.82, 2.24) is 0 Å². The van der Waals surface area contributed by atoms with Crippen molar-refractivity contribution in [3.63, 3.8) is 0 Å². The Balaban J connectivity index is 2.98. The van der Waals surface area contributed by atoms with Gasteiger partial charge in [0.1, 0.15) is 0 Å². The molecule has 0 bridgehead atoms. The molecule has 0 atom stereocenters. The monoisotopic (exact) mass is 254 g/mol. The second-order valence-corrected chi connectivity index (χ2v) is 3.54. The standard InChI is InChI=1S/C10H11F5N2/c1-17(5-9(11)12)8-3-2-6(4-7(8)16)10(13,14)15/h2-4,9H,5,16H2,1H3. The fourth-order valence-corrected chi connectivity index (χ4v) is 1.38. The Labute approximate surface area is 94.8 Å². The van der Waals surface area contributed by atoms with Crippen LogP contribution in [0.2, 0.25) is 0 Å². The Morgan fingerprint density at radius 3 is 2.29 bits per heavy atom. The number of nitrogen functional groups attached to an aromatic ring is 1. The van der Waals surface area contributed by atoms with E-state index < -0.39 is 24.7 Å². The molecule has 2 N–H and O–H groups in total. The maximum atomic E-state index is 12.3. The third-order valence-corrected chi connectivity index (χ3v) is 2.18. The number of nitrogens with zero attached hydrogens (tertiary/aromatic N) is 1. The van der Waals surface area contributed by atoms with E-state index in [4.69, 9.17) is 5.73 Å². The predicted molar refractivity (Wildman–Crippen MR) is 55.1 cm³/mol. The predicted octanol–water partition coefficient (Wildman–Crippen LogP) is 2.99. The smallest absolute Gasteiger partial charge is 0.397 e. The van der Waals surface area contributed by atoms with Crippen molar-refractivity contribution in [2.75, 3.05) is 24.2 Å². The largest absolute Gasteiger partial charge is 0.416 e. The van der Waals surface area contributed by atoms with Crippen LogP contribution in [0.15, 0.2) is 18.2 Å². The highest BCUT2D eigenvalue weighted by Crippen LogP contribution is 2.33. The van der Waals surface area contributed by atoms with Gasteiger partial charge in [-0.25, -0.2) is 8.78 Å². The first-order valence-corrected chi connectivity index (χ1v) is 4.68. The van der Waals surface area contributed by atoms with Gasteiger partial charge in [0.05, 0.1) is 23.5 Å². The second-order valence-electron chi connectivity index (χ2n) is 3.54. The fourth-order valence-electron chi connectivity index (χ4n) is 1.38. The molecule has 1 aromatic rings. The van der Waals surface area contributed by atoms with Crippen molar-refractivity contribution >= 4 is 11.4 Å². The minimum Gasteiger partial charge on any atom is -0.397 e. The molecule has 7 heteroatoms. The van der Waals surface area contributed by atoms with E-state index in [1.54, 1.807) is 0 Å². The number of hydrogen-bond acceptors (Lipinski definition) is 2. The molecule has 0 heterocycles. The quantitative estimate of drug-likeness (QED) is 0.663. The summed E-state index contributed by atoms with van der Waals surface area (Å²) >= 11 is 0. The third kappa shape index (κ3) is 3.47. The average molecular weight is 254 g/mol. The number of halogens is 5. The first-order valence-electron chi connectivity index (χ1n) is 4.68. The average Bonchev–Trinajstić information content (AvgIpc) is 2.14. The van der Waals surface area contributed by atoms with E-state index >= 15 is 0 Å². The van der Waals surface area contributed by atoms with Crippen LogP contribution < -0.4 is 10.6 Å². The van der Waals surface area contributed by atoms with Crippen molar-refractivity contribution < 1.29 is 22.0 Å². The van der Waals surface area contributed by atoms with Crippen molar-refractivity contribution in [2.24, 2.45) is 0 Å². The molecular weight excluding hydrogens is 243 g/mol. The summed E-state index contributed by atoms with van der Waals surface area (Å²) in [6.07, 6.45) is -7.07.